The van der Waals surface area contributed by atoms with Crippen LogP contribution in [0.5, 0.6) is 0 Å². The summed E-state index contributed by atoms with van der Waals surface area (Å²) in [5, 5.41) is 7.62. The normalized spacial score (nSPS) is 10.3. The van der Waals surface area contributed by atoms with Crippen molar-refractivity contribution in [2.75, 3.05) is 26.0 Å². The minimum absolute atomic E-state index is 0.186. The molecule has 0 saturated heterocycles. The maximum atomic E-state index is 12.1. The van der Waals surface area contributed by atoms with Crippen LogP contribution in [0.25, 0.3) is 6.08 Å². The van der Waals surface area contributed by atoms with Crippen molar-refractivity contribution in [1.29, 1.82) is 0 Å². The number of hydrogen-bond acceptors (Lipinski definition) is 5. The summed E-state index contributed by atoms with van der Waals surface area (Å²) in [5.74, 6) is -1.59. The van der Waals surface area contributed by atoms with Crippen molar-refractivity contribution < 1.29 is 23.9 Å². The van der Waals surface area contributed by atoms with Crippen molar-refractivity contribution in [1.82, 2.24) is 10.6 Å². The highest BCUT2D eigenvalue weighted by molar-refractivity contribution is 6.03. The number of methoxy groups -OCH3 is 1. The van der Waals surface area contributed by atoms with Crippen LogP contribution in [0.2, 0.25) is 0 Å². The molecule has 3 amide bonds. The fraction of sp³-hybridized carbons (Fsp3) is 0.143. The van der Waals surface area contributed by atoms with Crippen molar-refractivity contribution in [3.63, 3.8) is 0 Å². The minimum atomic E-state index is -0.559. The van der Waals surface area contributed by atoms with Crippen LogP contribution in [0.3, 0.4) is 0 Å². The number of esters is 1. The van der Waals surface area contributed by atoms with Crippen LogP contribution in [0.1, 0.15) is 26.3 Å². The van der Waals surface area contributed by atoms with Gasteiger partial charge in [0.1, 0.15) is 6.54 Å². The second-order valence-electron chi connectivity index (χ2n) is 5.86. The predicted molar refractivity (Wildman–Crippen MR) is 108 cm³/mol. The van der Waals surface area contributed by atoms with Crippen LogP contribution in [0.15, 0.2) is 54.6 Å². The highest BCUT2D eigenvalue weighted by Gasteiger charge is 2.09. The van der Waals surface area contributed by atoms with Crippen LogP contribution >= 0.6 is 0 Å². The van der Waals surface area contributed by atoms with Gasteiger partial charge < -0.3 is 20.7 Å². The van der Waals surface area contributed by atoms with Crippen molar-refractivity contribution in [3.8, 4) is 0 Å². The first kappa shape index (κ1) is 21.4. The lowest BCUT2D eigenvalue weighted by molar-refractivity contribution is -0.139. The van der Waals surface area contributed by atoms with Crippen LogP contribution in [-0.4, -0.2) is 44.4 Å². The molecule has 0 radical (unpaired) electrons. The number of carbonyl (C=O) groups is 4. The summed E-state index contributed by atoms with van der Waals surface area (Å²) in [6.07, 6.45) is 2.95. The number of rotatable bonds is 7. The van der Waals surface area contributed by atoms with E-state index >= 15 is 0 Å². The Morgan fingerprint density at radius 1 is 0.966 bits per heavy atom. The molecule has 3 N–H and O–H groups in total. The number of nitrogens with one attached hydrogen (secondary N) is 3. The molecular formula is C21H21N3O5. The summed E-state index contributed by atoms with van der Waals surface area (Å²) in [6, 6.07) is 13.1. The summed E-state index contributed by atoms with van der Waals surface area (Å²) in [4.78, 5) is 46.8. The van der Waals surface area contributed by atoms with Gasteiger partial charge in [-0.3, -0.25) is 19.2 Å². The first-order valence-electron chi connectivity index (χ1n) is 8.69. The zero-order chi connectivity index (χ0) is 21.2. The molecule has 0 bridgehead atoms. The smallest absolute Gasteiger partial charge is 0.325 e. The molecule has 0 aliphatic carbocycles. The number of amides is 3. The predicted octanol–water partition coefficient (Wildman–Crippen LogP) is 1.60. The summed E-state index contributed by atoms with van der Waals surface area (Å²) >= 11 is 0. The van der Waals surface area contributed by atoms with Crippen molar-refractivity contribution in [2.24, 2.45) is 0 Å². The summed E-state index contributed by atoms with van der Waals surface area (Å²) in [6.45, 7) is -0.243. The Bertz CT molecular complexity index is 936. The van der Waals surface area contributed by atoms with Gasteiger partial charge >= 0.3 is 5.97 Å². The van der Waals surface area contributed by atoms with Gasteiger partial charge in [-0.05, 0) is 42.0 Å². The molecule has 29 heavy (non-hydrogen) atoms. The van der Waals surface area contributed by atoms with Crippen LogP contribution < -0.4 is 16.0 Å². The molecule has 8 heteroatoms. The van der Waals surface area contributed by atoms with E-state index in [-0.39, 0.29) is 18.4 Å². The molecule has 0 saturated carbocycles. The molecule has 8 nitrogen and oxygen atoms in total. The third kappa shape index (κ3) is 6.62. The number of benzene rings is 2. The van der Waals surface area contributed by atoms with Crippen LogP contribution in [-0.2, 0) is 14.3 Å². The van der Waals surface area contributed by atoms with E-state index in [4.69, 9.17) is 0 Å². The van der Waals surface area contributed by atoms with Crippen molar-refractivity contribution in [3.05, 3.63) is 71.3 Å². The zero-order valence-corrected chi connectivity index (χ0v) is 16.0. The van der Waals surface area contributed by atoms with Gasteiger partial charge in [0, 0.05) is 29.9 Å². The molecule has 2 aromatic carbocycles. The molecule has 0 aliphatic rings. The van der Waals surface area contributed by atoms with Crippen molar-refractivity contribution in [2.45, 2.75) is 0 Å². The third-order valence-electron chi connectivity index (χ3n) is 3.84. The molecule has 0 heterocycles. The third-order valence-corrected chi connectivity index (χ3v) is 3.84. The Morgan fingerprint density at radius 3 is 2.34 bits per heavy atom. The molecule has 0 atom stereocenters. The van der Waals surface area contributed by atoms with Gasteiger partial charge in [-0.15, -0.1) is 0 Å². The number of carbonyl (C=O) groups excluding carboxylic acids is 4. The minimum Gasteiger partial charge on any atom is -0.468 e. The van der Waals surface area contributed by atoms with Gasteiger partial charge in [-0.2, -0.15) is 0 Å². The van der Waals surface area contributed by atoms with Gasteiger partial charge in [-0.1, -0.05) is 18.2 Å². The Morgan fingerprint density at radius 2 is 1.69 bits per heavy atom. The fourth-order valence-electron chi connectivity index (χ4n) is 2.31. The van der Waals surface area contributed by atoms with Gasteiger partial charge in [0.25, 0.3) is 11.8 Å². The molecule has 0 aromatic heterocycles. The van der Waals surface area contributed by atoms with E-state index in [0.29, 0.717) is 16.8 Å². The second-order valence-corrected chi connectivity index (χ2v) is 5.86. The molecular weight excluding hydrogens is 374 g/mol. The van der Waals surface area contributed by atoms with E-state index in [1.807, 2.05) is 0 Å². The average molecular weight is 395 g/mol. The quantitative estimate of drug-likeness (QED) is 0.487. The van der Waals surface area contributed by atoms with E-state index < -0.39 is 11.9 Å². The molecule has 2 rings (SSSR count). The first-order chi connectivity index (χ1) is 13.9. The van der Waals surface area contributed by atoms with E-state index in [0.717, 1.165) is 5.56 Å². The number of anilines is 1. The van der Waals surface area contributed by atoms with E-state index in [1.54, 1.807) is 55.6 Å². The molecule has 0 spiro atoms. The molecule has 0 fully saturated rings. The van der Waals surface area contributed by atoms with Gasteiger partial charge in [0.2, 0.25) is 5.91 Å². The van der Waals surface area contributed by atoms with E-state index in [1.165, 1.54) is 19.3 Å². The average Bonchev–Trinajstić information content (AvgIpc) is 2.75. The van der Waals surface area contributed by atoms with E-state index in [9.17, 15) is 19.2 Å². The van der Waals surface area contributed by atoms with E-state index in [2.05, 4.69) is 20.7 Å². The lowest BCUT2D eigenvalue weighted by Crippen LogP contribution is -2.30. The lowest BCUT2D eigenvalue weighted by Gasteiger charge is -2.07. The standard InChI is InChI=1S/C21H21N3O5/c1-22-20(27)15-9-6-14(7-10-15)8-11-18(25)24-17-5-3-4-16(12-17)21(28)23-13-19(26)29-2/h3-12H,13H2,1-2H3,(H,22,27)(H,23,28)(H,24,25). The number of hydrogen-bond donors (Lipinski definition) is 3. The molecule has 2 aromatic rings. The van der Waals surface area contributed by atoms with Crippen LogP contribution in [0.4, 0.5) is 5.69 Å². The molecule has 150 valence electrons. The maximum absolute atomic E-state index is 12.1. The zero-order valence-electron chi connectivity index (χ0n) is 16.0. The first-order valence-corrected chi connectivity index (χ1v) is 8.69. The largest absolute Gasteiger partial charge is 0.468 e. The van der Waals surface area contributed by atoms with Crippen LogP contribution in [0, 0.1) is 0 Å². The molecule has 0 aliphatic heterocycles. The monoisotopic (exact) mass is 395 g/mol. The highest BCUT2D eigenvalue weighted by Crippen LogP contribution is 2.11. The number of ether oxygens (including phenoxy) is 1. The van der Waals surface area contributed by atoms with Crippen molar-refractivity contribution >= 4 is 35.5 Å². The van der Waals surface area contributed by atoms with Gasteiger partial charge in [0.05, 0.1) is 7.11 Å². The topological polar surface area (TPSA) is 114 Å². The van der Waals surface area contributed by atoms with Gasteiger partial charge in [0.15, 0.2) is 0 Å². The summed E-state index contributed by atoms with van der Waals surface area (Å²) in [5.41, 5.74) is 2.00. The summed E-state index contributed by atoms with van der Waals surface area (Å²) < 4.78 is 4.46. The Kier molecular flexibility index (Phi) is 7.67. The Labute approximate surface area is 167 Å². The van der Waals surface area contributed by atoms with Gasteiger partial charge in [-0.25, -0.2) is 0 Å². The fourth-order valence-corrected chi connectivity index (χ4v) is 2.31. The maximum Gasteiger partial charge on any atom is 0.325 e. The second kappa shape index (κ2) is 10.4. The lowest BCUT2D eigenvalue weighted by atomic mass is 10.1. The highest BCUT2D eigenvalue weighted by atomic mass is 16.5. The molecule has 0 unspecified atom stereocenters. The summed E-state index contributed by atoms with van der Waals surface area (Å²) in [7, 11) is 2.78. The Hall–Kier alpha value is -3.94. The SMILES string of the molecule is CNC(=O)c1ccc(C=CC(=O)Nc2cccc(C(=O)NCC(=O)OC)c2)cc1. The Balaban J connectivity index is 1.96.